The summed E-state index contributed by atoms with van der Waals surface area (Å²) in [5.74, 6) is 0.594. The van der Waals surface area contributed by atoms with Gasteiger partial charge in [-0.3, -0.25) is 14.1 Å². The van der Waals surface area contributed by atoms with Crippen molar-refractivity contribution in [2.24, 2.45) is 0 Å². The molecule has 0 aliphatic rings. The maximum Gasteiger partial charge on any atom is 0.333 e. The fourth-order valence-corrected chi connectivity index (χ4v) is 4.61. The molecule has 0 spiro atoms. The van der Waals surface area contributed by atoms with Gasteiger partial charge in [-0.1, -0.05) is 67.4 Å². The van der Waals surface area contributed by atoms with Crippen LogP contribution in [0.1, 0.15) is 30.3 Å². The SMILES string of the molecule is CCCc1cn(-c2c(C)cccc2Cl)c(=O)n1Cc1ccc(-c2ccccc2-c2nnn[nH]2)cn1. The summed E-state index contributed by atoms with van der Waals surface area (Å²) >= 11 is 6.46. The zero-order chi connectivity index (χ0) is 24.4. The van der Waals surface area contributed by atoms with Crippen LogP contribution in [0.25, 0.3) is 28.2 Å². The van der Waals surface area contributed by atoms with Crippen LogP contribution in [0, 0.1) is 6.92 Å². The monoisotopic (exact) mass is 485 g/mol. The topological polar surface area (TPSA) is 94.3 Å². The van der Waals surface area contributed by atoms with E-state index in [1.807, 2.05) is 67.8 Å². The number of aromatic nitrogens is 7. The lowest BCUT2D eigenvalue weighted by Crippen LogP contribution is -2.25. The minimum absolute atomic E-state index is 0.126. The lowest BCUT2D eigenvalue weighted by atomic mass is 10.0. The van der Waals surface area contributed by atoms with Crippen LogP contribution in [0.4, 0.5) is 0 Å². The lowest BCUT2D eigenvalue weighted by Gasteiger charge is -2.09. The number of halogens is 1. The zero-order valence-corrected chi connectivity index (χ0v) is 20.2. The van der Waals surface area contributed by atoms with Crippen molar-refractivity contribution in [2.45, 2.75) is 33.2 Å². The molecule has 0 atom stereocenters. The Morgan fingerprint density at radius 1 is 1.03 bits per heavy atom. The molecule has 176 valence electrons. The van der Waals surface area contributed by atoms with Crippen molar-refractivity contribution in [1.82, 2.24) is 34.7 Å². The number of imidazole rings is 1. The quantitative estimate of drug-likeness (QED) is 0.356. The summed E-state index contributed by atoms with van der Waals surface area (Å²) in [4.78, 5) is 18.1. The summed E-state index contributed by atoms with van der Waals surface area (Å²) in [5.41, 5.74) is 6.08. The number of nitrogens with zero attached hydrogens (tertiary/aromatic N) is 6. The molecular weight excluding hydrogens is 462 g/mol. The van der Waals surface area contributed by atoms with E-state index >= 15 is 0 Å². The highest BCUT2D eigenvalue weighted by Gasteiger charge is 2.17. The smallest absolute Gasteiger partial charge is 0.290 e. The predicted octanol–water partition coefficient (Wildman–Crippen LogP) is 4.84. The summed E-state index contributed by atoms with van der Waals surface area (Å²) in [7, 11) is 0. The Kier molecular flexibility index (Phi) is 6.29. The Hall–Kier alpha value is -4.04. The van der Waals surface area contributed by atoms with Crippen molar-refractivity contribution in [2.75, 3.05) is 0 Å². The largest absolute Gasteiger partial charge is 0.333 e. The molecule has 0 saturated heterocycles. The molecule has 3 aromatic heterocycles. The van der Waals surface area contributed by atoms with Crippen LogP contribution in [0.15, 0.2) is 71.8 Å². The van der Waals surface area contributed by atoms with Crippen molar-refractivity contribution < 1.29 is 0 Å². The molecular formula is C26H24ClN7O. The average Bonchev–Trinajstić information content (AvgIpc) is 3.50. The summed E-state index contributed by atoms with van der Waals surface area (Å²) in [6, 6.07) is 17.5. The van der Waals surface area contributed by atoms with Crippen molar-refractivity contribution in [3.05, 3.63) is 99.4 Å². The Balaban J connectivity index is 1.49. The van der Waals surface area contributed by atoms with Crippen LogP contribution in [0.2, 0.25) is 5.02 Å². The van der Waals surface area contributed by atoms with Gasteiger partial charge in [0.1, 0.15) is 0 Å². The number of tetrazole rings is 1. The number of hydrogen-bond donors (Lipinski definition) is 1. The van der Waals surface area contributed by atoms with Gasteiger partial charge in [0, 0.05) is 29.2 Å². The van der Waals surface area contributed by atoms with E-state index in [9.17, 15) is 4.79 Å². The normalized spacial score (nSPS) is 11.2. The molecule has 2 aromatic carbocycles. The van der Waals surface area contributed by atoms with Gasteiger partial charge in [-0.25, -0.2) is 9.89 Å². The highest BCUT2D eigenvalue weighted by molar-refractivity contribution is 6.32. The van der Waals surface area contributed by atoms with E-state index in [2.05, 4.69) is 32.5 Å². The first kappa shape index (κ1) is 22.7. The first-order valence-electron chi connectivity index (χ1n) is 11.4. The number of benzene rings is 2. The van der Waals surface area contributed by atoms with Gasteiger partial charge in [-0.15, -0.1) is 5.10 Å². The number of para-hydroxylation sites is 1. The van der Waals surface area contributed by atoms with Crippen molar-refractivity contribution in [3.63, 3.8) is 0 Å². The summed E-state index contributed by atoms with van der Waals surface area (Å²) in [6.45, 7) is 4.43. The van der Waals surface area contributed by atoms with Crippen molar-refractivity contribution in [3.8, 4) is 28.2 Å². The molecule has 0 fully saturated rings. The molecule has 0 saturated carbocycles. The molecule has 0 aliphatic heterocycles. The Labute approximate surface area is 207 Å². The van der Waals surface area contributed by atoms with E-state index in [0.717, 1.165) is 52.2 Å². The molecule has 5 aromatic rings. The minimum Gasteiger partial charge on any atom is -0.290 e. The molecule has 3 heterocycles. The fourth-order valence-electron chi connectivity index (χ4n) is 4.29. The highest BCUT2D eigenvalue weighted by Crippen LogP contribution is 2.29. The molecule has 0 radical (unpaired) electrons. The van der Waals surface area contributed by atoms with Crippen LogP contribution < -0.4 is 5.69 Å². The van der Waals surface area contributed by atoms with Gasteiger partial charge in [0.15, 0.2) is 5.82 Å². The molecule has 0 aliphatic carbocycles. The number of pyridine rings is 1. The third-order valence-corrected chi connectivity index (χ3v) is 6.29. The van der Waals surface area contributed by atoms with E-state index in [4.69, 9.17) is 11.6 Å². The number of aromatic amines is 1. The van der Waals surface area contributed by atoms with Crippen LogP contribution in [-0.4, -0.2) is 34.7 Å². The number of rotatable bonds is 7. The van der Waals surface area contributed by atoms with Gasteiger partial charge in [0.25, 0.3) is 0 Å². The van der Waals surface area contributed by atoms with E-state index in [1.54, 1.807) is 15.2 Å². The van der Waals surface area contributed by atoms with Gasteiger partial charge < -0.3 is 0 Å². The first-order valence-corrected chi connectivity index (χ1v) is 11.8. The van der Waals surface area contributed by atoms with Crippen LogP contribution in [0.3, 0.4) is 0 Å². The molecule has 5 rings (SSSR count). The Morgan fingerprint density at radius 2 is 1.86 bits per heavy atom. The number of H-pyrrole nitrogens is 1. The molecule has 0 unspecified atom stereocenters. The van der Waals surface area contributed by atoms with Crippen LogP contribution >= 0.6 is 11.6 Å². The van der Waals surface area contributed by atoms with Gasteiger partial charge in [0.2, 0.25) is 0 Å². The number of hydrogen-bond acceptors (Lipinski definition) is 5. The second-order valence-corrected chi connectivity index (χ2v) is 8.76. The molecule has 1 N–H and O–H groups in total. The molecule has 0 bridgehead atoms. The van der Waals surface area contributed by atoms with E-state index in [1.165, 1.54) is 0 Å². The highest BCUT2D eigenvalue weighted by atomic mass is 35.5. The van der Waals surface area contributed by atoms with E-state index in [-0.39, 0.29) is 5.69 Å². The molecule has 35 heavy (non-hydrogen) atoms. The lowest BCUT2D eigenvalue weighted by molar-refractivity contribution is 0.679. The predicted molar refractivity (Wildman–Crippen MR) is 136 cm³/mol. The van der Waals surface area contributed by atoms with Crippen LogP contribution in [0.5, 0.6) is 0 Å². The number of nitrogens with one attached hydrogen (secondary N) is 1. The summed E-state index contributed by atoms with van der Waals surface area (Å²) in [6.07, 6.45) is 5.42. The maximum atomic E-state index is 13.5. The minimum atomic E-state index is -0.126. The fraction of sp³-hybridized carbons (Fsp3) is 0.192. The first-order chi connectivity index (χ1) is 17.1. The van der Waals surface area contributed by atoms with Crippen molar-refractivity contribution >= 4 is 11.6 Å². The van der Waals surface area contributed by atoms with Crippen LogP contribution in [-0.2, 0) is 13.0 Å². The number of aryl methyl sites for hydroxylation is 2. The van der Waals surface area contributed by atoms with Gasteiger partial charge in [0.05, 0.1) is 22.9 Å². The third-order valence-electron chi connectivity index (χ3n) is 5.98. The van der Waals surface area contributed by atoms with Gasteiger partial charge in [-0.05, 0) is 47.0 Å². The van der Waals surface area contributed by atoms with E-state index in [0.29, 0.717) is 17.4 Å². The summed E-state index contributed by atoms with van der Waals surface area (Å²) in [5, 5.41) is 14.8. The second kappa shape index (κ2) is 9.68. The van der Waals surface area contributed by atoms with Crippen molar-refractivity contribution in [1.29, 1.82) is 0 Å². The molecule has 0 amide bonds. The third kappa shape index (κ3) is 4.40. The summed E-state index contributed by atoms with van der Waals surface area (Å²) < 4.78 is 3.43. The second-order valence-electron chi connectivity index (χ2n) is 8.35. The molecule has 9 heteroatoms. The zero-order valence-electron chi connectivity index (χ0n) is 19.4. The van der Waals surface area contributed by atoms with Gasteiger partial charge in [-0.2, -0.15) is 0 Å². The Bertz CT molecular complexity index is 1500. The molecule has 8 nitrogen and oxygen atoms in total. The maximum absolute atomic E-state index is 13.5. The standard InChI is InChI=1S/C26H24ClN7O/c1-3-7-20-16-34(24-17(2)8-6-11-23(24)27)26(35)33(20)15-19-13-12-18(14-28-19)21-9-4-5-10-22(21)25-29-31-32-30-25/h4-6,8-14,16H,3,7,15H2,1-2H3,(H,29,30,31,32). The van der Waals surface area contributed by atoms with E-state index < -0.39 is 0 Å². The Morgan fingerprint density at radius 3 is 2.54 bits per heavy atom. The van der Waals surface area contributed by atoms with Gasteiger partial charge >= 0.3 is 5.69 Å². The average molecular weight is 486 g/mol.